The first kappa shape index (κ1) is 62.4. The van der Waals surface area contributed by atoms with E-state index < -0.39 is 5.69 Å². The van der Waals surface area contributed by atoms with Gasteiger partial charge in [0.1, 0.15) is 0 Å². The Morgan fingerprint density at radius 3 is 0.491 bits per heavy atom. The molecule has 0 N–H and O–H groups in total. The van der Waals surface area contributed by atoms with Gasteiger partial charge in [-0.3, -0.25) is 0 Å². The van der Waals surface area contributed by atoms with Crippen LogP contribution in [-0.2, 0) is 79.0 Å². The van der Waals surface area contributed by atoms with Crippen molar-refractivity contribution in [3.63, 3.8) is 0 Å². The predicted molar refractivity (Wildman–Crippen MR) is 233 cm³/mol. The molecule has 0 atom stereocenters. The van der Waals surface area contributed by atoms with Crippen molar-refractivity contribution < 1.29 is 64.7 Å². The van der Waals surface area contributed by atoms with Crippen molar-refractivity contribution in [2.45, 2.75) is 286 Å². The maximum absolute atomic E-state index is 9.29. The van der Waals surface area contributed by atoms with Crippen LogP contribution in [0.5, 0.6) is 0 Å². The molecule has 2 nitrogen and oxygen atoms in total. The van der Waals surface area contributed by atoms with E-state index in [1.165, 1.54) is 320 Å². The predicted octanol–water partition coefficient (Wildman–Crippen LogP) is 16.6. The Hall–Kier alpha value is 2.79. The van der Waals surface area contributed by atoms with Crippen molar-refractivity contribution in [2.24, 2.45) is 0 Å². The molecular weight excluding hydrogens is 864 g/mol. The van der Waals surface area contributed by atoms with Crippen LogP contribution in [0.1, 0.15) is 271 Å². The van der Waals surface area contributed by atoms with E-state index >= 15 is 0 Å². The van der Waals surface area contributed by atoms with Crippen LogP contribution in [0.15, 0.2) is 0 Å². The maximum Gasteiger partial charge on any atom is -0.160 e. The molecule has 0 amide bonds. The summed E-state index contributed by atoms with van der Waals surface area (Å²) in [5, 5.41) is 4.49. The van der Waals surface area contributed by atoms with E-state index in [2.05, 4.69) is 44.8 Å². The molecule has 0 spiro atoms. The quantitative estimate of drug-likeness (QED) is 0.0267. The molecule has 0 fully saturated rings. The molecule has 308 valence electrons. The summed E-state index contributed by atoms with van der Waals surface area (Å²) >= 11 is 11.8. The number of hydrogen-bond acceptors (Lipinski definition) is 4. The maximum atomic E-state index is 9.29. The Morgan fingerprint density at radius 1 is 0.302 bits per heavy atom. The van der Waals surface area contributed by atoms with Gasteiger partial charge in [-0.25, -0.2) is 0 Å². The van der Waals surface area contributed by atoms with E-state index in [-0.39, 0.29) is 0 Å². The minimum Gasteiger partial charge on any atom is -0.850 e. The Balaban J connectivity index is -0.000000318. The third kappa shape index (κ3) is 87.4. The van der Waals surface area contributed by atoms with Crippen molar-refractivity contribution in [1.29, 1.82) is 0 Å². The van der Waals surface area contributed by atoms with Gasteiger partial charge < -0.3 is 27.7 Å². The van der Waals surface area contributed by atoms with Crippen LogP contribution < -0.4 is 9.79 Å². The summed E-state index contributed by atoms with van der Waals surface area (Å²) in [6.07, 6.45) is 57.6. The summed E-state index contributed by atoms with van der Waals surface area (Å²) < 4.78 is 0. The Labute approximate surface area is 377 Å². The van der Waals surface area contributed by atoms with Gasteiger partial charge in [-0.05, 0) is 0 Å². The van der Waals surface area contributed by atoms with Gasteiger partial charge in [0.05, 0.1) is 0 Å². The molecule has 0 rings (SSSR count). The summed E-state index contributed by atoms with van der Waals surface area (Å²) in [5.41, 5.74) is -3.72. The first-order valence-electron chi connectivity index (χ1n) is 23.9. The standard InChI is InChI=1S/3C15H31.H3O2PS2.3Zn/c3*1-3-5-7-9-11-13-15-14-12-10-8-6-4-2;1-3(2,4)5;;;/h3*1,3-15H2,2H3;(H3,1,2,4,5);;;/q;;;;3*+1/p-3. The van der Waals surface area contributed by atoms with Crippen molar-refractivity contribution in [1.82, 2.24) is 0 Å². The largest absolute Gasteiger partial charge is 0.850 e. The Kier molecular flexibility index (Phi) is 72.4. The van der Waals surface area contributed by atoms with Crippen LogP contribution in [0, 0.1) is 0 Å². The van der Waals surface area contributed by atoms with E-state index in [1.54, 1.807) is 0 Å². The molecule has 0 aromatic rings. The first-order valence-corrected chi connectivity index (χ1v) is 33.8. The van der Waals surface area contributed by atoms with Gasteiger partial charge >= 0.3 is 282 Å². The molecule has 0 saturated carbocycles. The van der Waals surface area contributed by atoms with E-state index in [0.29, 0.717) is 0 Å². The van der Waals surface area contributed by atoms with Gasteiger partial charge in [0, 0.05) is 0 Å². The van der Waals surface area contributed by atoms with Crippen molar-refractivity contribution in [2.75, 3.05) is 0 Å². The molecule has 0 radical (unpaired) electrons. The smallest absolute Gasteiger partial charge is 0.160 e. The van der Waals surface area contributed by atoms with Crippen LogP contribution >= 0.6 is 5.69 Å². The Bertz CT molecular complexity index is 512. The van der Waals surface area contributed by atoms with E-state index in [9.17, 15) is 9.79 Å². The fourth-order valence-corrected chi connectivity index (χ4v) is 8.81. The molecule has 0 bridgehead atoms. The molecule has 8 heteroatoms. The molecule has 0 aromatic carbocycles. The van der Waals surface area contributed by atoms with Crippen LogP contribution in [0.2, 0.25) is 15.0 Å². The fraction of sp³-hybridized carbons (Fsp3) is 1.00. The summed E-state index contributed by atoms with van der Waals surface area (Å²) in [6, 6.07) is 0. The topological polar surface area (TPSA) is 46.1 Å². The summed E-state index contributed by atoms with van der Waals surface area (Å²) in [6.45, 7) is 6.88. The average Bonchev–Trinajstić information content (AvgIpc) is 3.13. The van der Waals surface area contributed by atoms with E-state index in [0.717, 1.165) is 0 Å². The summed E-state index contributed by atoms with van der Waals surface area (Å²) in [5.74, 6) is 0. The van der Waals surface area contributed by atoms with Gasteiger partial charge in [-0.1, -0.05) is 59.3 Å². The molecule has 0 aromatic heterocycles. The fourth-order valence-electron chi connectivity index (χ4n) is 6.58. The molecule has 0 aliphatic carbocycles. The van der Waals surface area contributed by atoms with E-state index in [1.807, 2.05) is 0 Å². The van der Waals surface area contributed by atoms with Gasteiger partial charge in [-0.2, -0.15) is 11.8 Å². The second kappa shape index (κ2) is 61.5. The zero-order valence-corrected chi connectivity index (χ0v) is 48.3. The second-order valence-corrected chi connectivity index (χ2v) is 24.7. The van der Waals surface area contributed by atoms with Crippen molar-refractivity contribution >= 4 is 29.7 Å². The van der Waals surface area contributed by atoms with Gasteiger partial charge in [0.15, 0.2) is 0 Å². The number of unbranched alkanes of at least 4 members (excludes halogenated alkanes) is 36. The zero-order chi connectivity index (χ0) is 40.2. The van der Waals surface area contributed by atoms with Crippen LogP contribution in [0.25, 0.3) is 0 Å². The molecular formula is C45H93O2PS2Zn3. The normalized spacial score (nSPS) is 11.0. The summed E-state index contributed by atoms with van der Waals surface area (Å²) in [7, 11) is 0. The number of rotatable bonds is 39. The molecule has 0 aliphatic heterocycles. The Morgan fingerprint density at radius 2 is 0.396 bits per heavy atom. The minimum atomic E-state index is -3.72. The van der Waals surface area contributed by atoms with Crippen molar-refractivity contribution in [3.05, 3.63) is 0 Å². The third-order valence-electron chi connectivity index (χ3n) is 10.1. The number of hydrogen-bond donors (Lipinski definition) is 0. The zero-order valence-electron chi connectivity index (χ0n) is 36.9. The summed E-state index contributed by atoms with van der Waals surface area (Å²) in [4.78, 5) is 18.6. The molecule has 0 unspecified atom stereocenters. The minimum absolute atomic E-state index is 1.38. The monoisotopic (exact) mass is 952 g/mol. The van der Waals surface area contributed by atoms with E-state index in [4.69, 9.17) is 0 Å². The van der Waals surface area contributed by atoms with Gasteiger partial charge in [0.2, 0.25) is 0 Å². The molecule has 0 aliphatic rings. The molecule has 53 heavy (non-hydrogen) atoms. The van der Waals surface area contributed by atoms with Crippen LogP contribution in [0.3, 0.4) is 0 Å². The third-order valence-corrected chi connectivity index (χ3v) is 13.2. The SMILES string of the molecule is CCCCCCCCCCCCCC[CH2][Zn+].CCCCCCCCCCCCCC[CH2][Zn+].CCCCCCCCCCCCCC[CH2][Zn+].[O-]P([O-])(=S)[S-]. The first-order chi connectivity index (χ1) is 25.7. The van der Waals surface area contributed by atoms with Crippen molar-refractivity contribution in [3.8, 4) is 0 Å². The average molecular weight is 958 g/mol. The van der Waals surface area contributed by atoms with Gasteiger partial charge in [0.25, 0.3) is 0 Å². The second-order valence-electron chi connectivity index (χ2n) is 15.7. The molecule has 0 heterocycles. The van der Waals surface area contributed by atoms with Gasteiger partial charge in [-0.15, -0.1) is 0 Å². The van der Waals surface area contributed by atoms with Crippen LogP contribution in [0.4, 0.5) is 0 Å². The molecule has 0 saturated heterocycles. The van der Waals surface area contributed by atoms with Crippen LogP contribution in [-0.4, -0.2) is 0 Å².